The first-order valence-electron chi connectivity index (χ1n) is 4.83. The van der Waals surface area contributed by atoms with E-state index in [0.717, 1.165) is 6.42 Å². The van der Waals surface area contributed by atoms with Crippen LogP contribution in [0.3, 0.4) is 0 Å². The van der Waals surface area contributed by atoms with Gasteiger partial charge in [-0.05, 0) is 6.42 Å². The summed E-state index contributed by atoms with van der Waals surface area (Å²) in [5.74, 6) is -0.251. The van der Waals surface area contributed by atoms with E-state index in [2.05, 4.69) is 12.2 Å². The highest BCUT2D eigenvalue weighted by Crippen LogP contribution is 2.15. The Hall–Kier alpha value is -0.240. The zero-order valence-electron chi connectivity index (χ0n) is 8.68. The monoisotopic (exact) mass is 252 g/mol. The molecule has 0 amide bonds. The smallest absolute Gasteiger partial charge is 0.221 e. The Morgan fingerprint density at radius 2 is 2.33 bits per heavy atom. The van der Waals surface area contributed by atoms with Crippen molar-refractivity contribution in [1.29, 1.82) is 0 Å². The standard InChI is InChI=1S/C8H16N2O3S2/c1-2-7-5-13-4-3-10(7)15(11,12)6-8(9)14/h7H,2-6H2,1H3,(H2,9,14). The van der Waals surface area contributed by atoms with Gasteiger partial charge in [-0.15, -0.1) is 0 Å². The molecular formula is C8H16N2O3S2. The molecule has 1 aliphatic heterocycles. The molecule has 0 aromatic heterocycles. The molecule has 2 N–H and O–H groups in total. The van der Waals surface area contributed by atoms with Crippen LogP contribution in [0.25, 0.3) is 0 Å². The molecule has 1 rings (SSSR count). The Balaban J connectivity index is 2.79. The highest BCUT2D eigenvalue weighted by Gasteiger charge is 2.31. The van der Waals surface area contributed by atoms with Crippen molar-refractivity contribution in [2.75, 3.05) is 25.5 Å². The number of thiocarbonyl (C=S) groups is 1. The van der Waals surface area contributed by atoms with E-state index in [4.69, 9.17) is 10.5 Å². The molecule has 0 aromatic rings. The van der Waals surface area contributed by atoms with Crippen molar-refractivity contribution in [3.8, 4) is 0 Å². The van der Waals surface area contributed by atoms with Crippen molar-refractivity contribution >= 4 is 27.2 Å². The highest BCUT2D eigenvalue weighted by atomic mass is 32.2. The number of rotatable bonds is 4. The summed E-state index contributed by atoms with van der Waals surface area (Å²) in [5.41, 5.74) is 5.27. The fourth-order valence-corrected chi connectivity index (χ4v) is 3.58. The maximum Gasteiger partial charge on any atom is 0.221 e. The van der Waals surface area contributed by atoms with Crippen LogP contribution in [0.15, 0.2) is 0 Å². The predicted molar refractivity (Wildman–Crippen MR) is 62.2 cm³/mol. The molecule has 1 heterocycles. The van der Waals surface area contributed by atoms with E-state index in [1.165, 1.54) is 4.31 Å². The molecule has 0 aromatic carbocycles. The minimum absolute atomic E-state index is 0.0105. The summed E-state index contributed by atoms with van der Waals surface area (Å²) in [4.78, 5) is 0.0105. The van der Waals surface area contributed by atoms with Crippen molar-refractivity contribution in [3.63, 3.8) is 0 Å². The van der Waals surface area contributed by atoms with Gasteiger partial charge >= 0.3 is 0 Å². The summed E-state index contributed by atoms with van der Waals surface area (Å²) < 4.78 is 30.4. The Labute approximate surface area is 95.6 Å². The van der Waals surface area contributed by atoms with Crippen LogP contribution in [0.2, 0.25) is 0 Å². The molecule has 7 heteroatoms. The molecule has 0 spiro atoms. The molecular weight excluding hydrogens is 236 g/mol. The average molecular weight is 252 g/mol. The van der Waals surface area contributed by atoms with Gasteiger partial charge in [-0.25, -0.2) is 8.42 Å². The summed E-state index contributed by atoms with van der Waals surface area (Å²) in [5, 5.41) is 0. The van der Waals surface area contributed by atoms with Gasteiger partial charge in [0.15, 0.2) is 0 Å². The van der Waals surface area contributed by atoms with Crippen LogP contribution in [-0.2, 0) is 14.8 Å². The second-order valence-electron chi connectivity index (χ2n) is 3.47. The summed E-state index contributed by atoms with van der Waals surface area (Å²) in [6, 6.07) is -0.0851. The molecule has 1 aliphatic rings. The lowest BCUT2D eigenvalue weighted by Gasteiger charge is -2.33. The van der Waals surface area contributed by atoms with Gasteiger partial charge in [0.25, 0.3) is 0 Å². The number of hydrogen-bond donors (Lipinski definition) is 1. The van der Waals surface area contributed by atoms with Crippen molar-refractivity contribution in [2.45, 2.75) is 19.4 Å². The molecule has 1 unspecified atom stereocenters. The molecule has 0 radical (unpaired) electrons. The molecule has 5 nitrogen and oxygen atoms in total. The molecule has 88 valence electrons. The number of ether oxygens (including phenoxy) is 1. The van der Waals surface area contributed by atoms with Crippen LogP contribution in [-0.4, -0.2) is 49.3 Å². The summed E-state index contributed by atoms with van der Waals surface area (Å²) in [6.45, 7) is 3.21. The van der Waals surface area contributed by atoms with Crippen molar-refractivity contribution < 1.29 is 13.2 Å². The normalized spacial score (nSPS) is 23.9. The molecule has 15 heavy (non-hydrogen) atoms. The zero-order chi connectivity index (χ0) is 11.5. The lowest BCUT2D eigenvalue weighted by atomic mass is 10.2. The van der Waals surface area contributed by atoms with E-state index in [1.807, 2.05) is 6.92 Å². The van der Waals surface area contributed by atoms with Crippen LogP contribution in [0.1, 0.15) is 13.3 Å². The fraction of sp³-hybridized carbons (Fsp3) is 0.875. The lowest BCUT2D eigenvalue weighted by Crippen LogP contribution is -2.50. The van der Waals surface area contributed by atoms with Crippen molar-refractivity contribution in [2.24, 2.45) is 5.73 Å². The summed E-state index contributed by atoms with van der Waals surface area (Å²) in [6.07, 6.45) is 0.733. The van der Waals surface area contributed by atoms with Gasteiger partial charge in [-0.2, -0.15) is 4.31 Å². The van der Waals surface area contributed by atoms with E-state index >= 15 is 0 Å². The molecule has 0 bridgehead atoms. The first-order chi connectivity index (χ1) is 6.97. The number of morpholine rings is 1. The van der Waals surface area contributed by atoms with E-state index in [1.54, 1.807) is 0 Å². The molecule has 1 saturated heterocycles. The third kappa shape index (κ3) is 3.37. The number of nitrogens with zero attached hydrogens (tertiary/aromatic N) is 1. The SMILES string of the molecule is CCC1COCCN1S(=O)(=O)CC(N)=S. The lowest BCUT2D eigenvalue weighted by molar-refractivity contribution is 0.0316. The maximum atomic E-state index is 11.9. The average Bonchev–Trinajstić information content (AvgIpc) is 2.16. The van der Waals surface area contributed by atoms with Crippen molar-refractivity contribution in [1.82, 2.24) is 4.31 Å². The molecule has 0 saturated carbocycles. The van der Waals surface area contributed by atoms with Gasteiger partial charge < -0.3 is 10.5 Å². The first kappa shape index (κ1) is 12.8. The Morgan fingerprint density at radius 3 is 2.87 bits per heavy atom. The minimum atomic E-state index is -3.36. The van der Waals surface area contributed by atoms with E-state index in [9.17, 15) is 8.42 Å². The second kappa shape index (κ2) is 5.20. The van der Waals surface area contributed by atoms with E-state index < -0.39 is 10.0 Å². The van der Waals surface area contributed by atoms with Gasteiger partial charge in [0.1, 0.15) is 5.75 Å². The minimum Gasteiger partial charge on any atom is -0.392 e. The van der Waals surface area contributed by atoms with Crippen LogP contribution < -0.4 is 5.73 Å². The van der Waals surface area contributed by atoms with Crippen LogP contribution in [0, 0.1) is 0 Å². The van der Waals surface area contributed by atoms with Crippen LogP contribution in [0.5, 0.6) is 0 Å². The van der Waals surface area contributed by atoms with Crippen molar-refractivity contribution in [3.05, 3.63) is 0 Å². The Morgan fingerprint density at radius 1 is 1.67 bits per heavy atom. The van der Waals surface area contributed by atoms with E-state index in [-0.39, 0.29) is 16.8 Å². The third-order valence-electron chi connectivity index (χ3n) is 2.33. The highest BCUT2D eigenvalue weighted by molar-refractivity contribution is 7.92. The van der Waals surface area contributed by atoms with Gasteiger partial charge in [-0.3, -0.25) is 0 Å². The Bertz CT molecular complexity index is 329. The zero-order valence-corrected chi connectivity index (χ0v) is 10.3. The summed E-state index contributed by atoms with van der Waals surface area (Å²) >= 11 is 4.63. The van der Waals surface area contributed by atoms with E-state index in [0.29, 0.717) is 19.8 Å². The summed E-state index contributed by atoms with van der Waals surface area (Å²) in [7, 11) is -3.36. The molecule has 1 fully saturated rings. The molecule has 0 aliphatic carbocycles. The number of sulfonamides is 1. The topological polar surface area (TPSA) is 72.6 Å². The maximum absolute atomic E-state index is 11.9. The largest absolute Gasteiger partial charge is 0.392 e. The first-order valence-corrected chi connectivity index (χ1v) is 6.84. The third-order valence-corrected chi connectivity index (χ3v) is 4.52. The van der Waals surface area contributed by atoms with Gasteiger partial charge in [-0.1, -0.05) is 19.1 Å². The van der Waals surface area contributed by atoms with Gasteiger partial charge in [0, 0.05) is 12.6 Å². The molecule has 1 atom stereocenters. The second-order valence-corrected chi connectivity index (χ2v) is 5.92. The van der Waals surface area contributed by atoms with Crippen LogP contribution >= 0.6 is 12.2 Å². The fourth-order valence-electron chi connectivity index (χ4n) is 1.59. The number of hydrogen-bond acceptors (Lipinski definition) is 4. The number of nitrogens with two attached hydrogens (primary N) is 1. The quantitative estimate of drug-likeness (QED) is 0.696. The predicted octanol–water partition coefficient (Wildman–Crippen LogP) is -0.287. The van der Waals surface area contributed by atoms with Crippen LogP contribution in [0.4, 0.5) is 0 Å². The van der Waals surface area contributed by atoms with Gasteiger partial charge in [0.2, 0.25) is 10.0 Å². The Kier molecular flexibility index (Phi) is 4.45. The van der Waals surface area contributed by atoms with Gasteiger partial charge in [0.05, 0.1) is 18.2 Å².